The first-order valence-electron chi connectivity index (χ1n) is 7.13. The van der Waals surface area contributed by atoms with Crippen molar-refractivity contribution in [3.8, 4) is 0 Å². The summed E-state index contributed by atoms with van der Waals surface area (Å²) in [4.78, 5) is 13.0. The minimum Gasteiger partial charge on any atom is -0.292 e. The lowest BCUT2D eigenvalue weighted by atomic mass is 10.0. The Bertz CT molecular complexity index is 874. The minimum atomic E-state index is -0.434. The number of aromatic nitrogens is 3. The maximum absolute atomic E-state index is 13.0. The van der Waals surface area contributed by atoms with Gasteiger partial charge in [0.25, 0.3) is 0 Å². The molecule has 0 saturated heterocycles. The fraction of sp³-hybridized carbons (Fsp3) is 0.0588. The maximum Gasteiger partial charge on any atom is 0.212 e. The van der Waals surface area contributed by atoms with Crippen LogP contribution in [0.1, 0.15) is 15.9 Å². The molecule has 5 nitrogen and oxygen atoms in total. The lowest BCUT2D eigenvalue weighted by Gasteiger charge is -2.21. The second-order valence-electron chi connectivity index (χ2n) is 5.04. The summed E-state index contributed by atoms with van der Waals surface area (Å²) in [6, 6.07) is 19.0. The Labute approximate surface area is 137 Å². The zero-order chi connectivity index (χ0) is 15.6. The predicted molar refractivity (Wildman–Crippen MR) is 88.8 cm³/mol. The largest absolute Gasteiger partial charge is 0.292 e. The lowest BCUT2D eigenvalue weighted by Crippen LogP contribution is -2.31. The van der Waals surface area contributed by atoms with Crippen LogP contribution < -0.4 is 0 Å². The summed E-state index contributed by atoms with van der Waals surface area (Å²) in [5.41, 5.74) is 2.31. The van der Waals surface area contributed by atoms with E-state index in [2.05, 4.69) is 15.3 Å². The smallest absolute Gasteiger partial charge is 0.212 e. The Morgan fingerprint density at radius 1 is 1.00 bits per heavy atom. The number of hydrogen-bond acceptors (Lipinski definition) is 5. The summed E-state index contributed by atoms with van der Waals surface area (Å²) < 4.78 is 1.61. The van der Waals surface area contributed by atoms with Gasteiger partial charge in [0.15, 0.2) is 5.78 Å². The summed E-state index contributed by atoms with van der Waals surface area (Å²) in [5, 5.41) is 12.7. The van der Waals surface area contributed by atoms with Gasteiger partial charge in [0.05, 0.1) is 5.71 Å². The van der Waals surface area contributed by atoms with E-state index in [-0.39, 0.29) is 5.78 Å². The fourth-order valence-corrected chi connectivity index (χ4v) is 3.48. The number of hydrogen-bond donors (Lipinski definition) is 0. The molecule has 0 radical (unpaired) electrons. The Morgan fingerprint density at radius 2 is 1.70 bits per heavy atom. The van der Waals surface area contributed by atoms with E-state index in [9.17, 15) is 4.79 Å². The van der Waals surface area contributed by atoms with Crippen molar-refractivity contribution in [1.29, 1.82) is 0 Å². The quantitative estimate of drug-likeness (QED) is 0.696. The molecule has 0 saturated carbocycles. The van der Waals surface area contributed by atoms with Gasteiger partial charge in [0, 0.05) is 5.56 Å². The van der Waals surface area contributed by atoms with E-state index in [1.807, 2.05) is 60.7 Å². The van der Waals surface area contributed by atoms with E-state index in [1.54, 1.807) is 11.0 Å². The third-order valence-electron chi connectivity index (χ3n) is 3.55. The molecule has 0 spiro atoms. The average molecular weight is 320 g/mol. The standard InChI is InChI=1S/C17H12N4OS/c22-15(13-9-5-2-6-10-13)16-14(12-7-3-1-4-8-12)20-21-11-18-19-17(21)23-16/h1-11,16H/t16-/m0/s1. The normalized spacial score (nSPS) is 16.5. The molecule has 0 fully saturated rings. The first-order chi connectivity index (χ1) is 11.3. The van der Waals surface area contributed by atoms with Crippen molar-refractivity contribution in [3.63, 3.8) is 0 Å². The van der Waals surface area contributed by atoms with Gasteiger partial charge in [-0.05, 0) is 5.56 Å². The van der Waals surface area contributed by atoms with Crippen LogP contribution in [-0.4, -0.2) is 31.6 Å². The molecule has 2 heterocycles. The number of rotatable bonds is 3. The monoisotopic (exact) mass is 320 g/mol. The molecule has 1 aliphatic heterocycles. The molecular weight excluding hydrogens is 308 g/mol. The second kappa shape index (κ2) is 5.81. The maximum atomic E-state index is 13.0. The highest BCUT2D eigenvalue weighted by Gasteiger charge is 2.33. The zero-order valence-electron chi connectivity index (χ0n) is 12.0. The summed E-state index contributed by atoms with van der Waals surface area (Å²) in [7, 11) is 0. The number of benzene rings is 2. The minimum absolute atomic E-state index is 0.0208. The molecule has 0 aliphatic carbocycles. The molecular formula is C17H12N4OS. The second-order valence-corrected chi connectivity index (χ2v) is 6.11. The molecule has 1 aliphatic rings. The van der Waals surface area contributed by atoms with Crippen LogP contribution in [0.25, 0.3) is 0 Å². The van der Waals surface area contributed by atoms with Crippen molar-refractivity contribution < 1.29 is 4.79 Å². The van der Waals surface area contributed by atoms with Crippen LogP contribution in [0.5, 0.6) is 0 Å². The van der Waals surface area contributed by atoms with Gasteiger partial charge in [-0.15, -0.1) is 10.2 Å². The zero-order valence-corrected chi connectivity index (χ0v) is 12.9. The molecule has 3 aromatic rings. The number of carbonyl (C=O) groups is 1. The Morgan fingerprint density at radius 3 is 2.43 bits per heavy atom. The van der Waals surface area contributed by atoms with Gasteiger partial charge >= 0.3 is 0 Å². The Balaban J connectivity index is 1.80. The van der Waals surface area contributed by atoms with Crippen LogP contribution in [0.3, 0.4) is 0 Å². The van der Waals surface area contributed by atoms with Gasteiger partial charge in [0.2, 0.25) is 5.16 Å². The molecule has 23 heavy (non-hydrogen) atoms. The van der Waals surface area contributed by atoms with Crippen LogP contribution in [0.2, 0.25) is 0 Å². The van der Waals surface area contributed by atoms with E-state index in [0.29, 0.717) is 10.7 Å². The number of thioether (sulfide) groups is 1. The SMILES string of the molecule is O=C(c1ccccc1)[C@H]1Sc2nncn2N=C1c1ccccc1. The van der Waals surface area contributed by atoms with Gasteiger partial charge in [0.1, 0.15) is 11.6 Å². The Kier molecular flexibility index (Phi) is 3.51. The van der Waals surface area contributed by atoms with Crippen molar-refractivity contribution >= 4 is 23.3 Å². The third kappa shape index (κ3) is 2.57. The van der Waals surface area contributed by atoms with Gasteiger partial charge < -0.3 is 0 Å². The molecule has 1 aromatic heterocycles. The molecule has 0 N–H and O–H groups in total. The number of ketones is 1. The molecule has 0 unspecified atom stereocenters. The van der Waals surface area contributed by atoms with Crippen LogP contribution >= 0.6 is 11.8 Å². The van der Waals surface area contributed by atoms with Gasteiger partial charge in [-0.2, -0.15) is 9.78 Å². The fourth-order valence-electron chi connectivity index (χ4n) is 2.44. The summed E-state index contributed by atoms with van der Waals surface area (Å²) in [5.74, 6) is 0.0208. The summed E-state index contributed by atoms with van der Waals surface area (Å²) in [6.45, 7) is 0. The van der Waals surface area contributed by atoms with E-state index < -0.39 is 5.25 Å². The van der Waals surface area contributed by atoms with Crippen LogP contribution in [-0.2, 0) is 0 Å². The third-order valence-corrected chi connectivity index (χ3v) is 4.71. The van der Waals surface area contributed by atoms with E-state index in [0.717, 1.165) is 11.3 Å². The van der Waals surface area contributed by atoms with Crippen LogP contribution in [0.15, 0.2) is 77.2 Å². The molecule has 0 amide bonds. The van der Waals surface area contributed by atoms with Crippen molar-refractivity contribution in [2.45, 2.75) is 10.4 Å². The highest BCUT2D eigenvalue weighted by molar-refractivity contribution is 8.01. The number of nitrogens with zero attached hydrogens (tertiary/aromatic N) is 4. The average Bonchev–Trinajstić information content (AvgIpc) is 3.09. The molecule has 2 aromatic carbocycles. The molecule has 1 atom stereocenters. The molecule has 112 valence electrons. The van der Waals surface area contributed by atoms with Crippen molar-refractivity contribution in [2.75, 3.05) is 0 Å². The molecule has 0 bridgehead atoms. The van der Waals surface area contributed by atoms with Crippen LogP contribution in [0, 0.1) is 0 Å². The van der Waals surface area contributed by atoms with Crippen LogP contribution in [0.4, 0.5) is 0 Å². The van der Waals surface area contributed by atoms with Crippen molar-refractivity contribution in [1.82, 2.24) is 14.9 Å². The Hall–Kier alpha value is -2.73. The van der Waals surface area contributed by atoms with Gasteiger partial charge in [-0.25, -0.2) is 0 Å². The number of fused-ring (bicyclic) bond motifs is 1. The van der Waals surface area contributed by atoms with E-state index in [4.69, 9.17) is 0 Å². The summed E-state index contributed by atoms with van der Waals surface area (Å²) >= 11 is 1.38. The van der Waals surface area contributed by atoms with Gasteiger partial charge in [-0.1, -0.05) is 72.4 Å². The van der Waals surface area contributed by atoms with E-state index in [1.165, 1.54) is 11.8 Å². The highest BCUT2D eigenvalue weighted by atomic mass is 32.2. The molecule has 6 heteroatoms. The predicted octanol–water partition coefficient (Wildman–Crippen LogP) is 2.89. The molecule has 4 rings (SSSR count). The topological polar surface area (TPSA) is 60.1 Å². The van der Waals surface area contributed by atoms with Crippen molar-refractivity contribution in [2.24, 2.45) is 5.10 Å². The number of Topliss-reactive ketones (excluding diaryl/α,β-unsaturated/α-hetero) is 1. The first-order valence-corrected chi connectivity index (χ1v) is 8.01. The summed E-state index contributed by atoms with van der Waals surface area (Å²) in [6.07, 6.45) is 1.55. The lowest BCUT2D eigenvalue weighted by molar-refractivity contribution is 0.100. The van der Waals surface area contributed by atoms with Crippen molar-refractivity contribution in [3.05, 3.63) is 78.1 Å². The first kappa shape index (κ1) is 13.9. The van der Waals surface area contributed by atoms with Gasteiger partial charge in [-0.3, -0.25) is 4.79 Å². The highest BCUT2D eigenvalue weighted by Crippen LogP contribution is 2.31. The number of carbonyl (C=O) groups excluding carboxylic acids is 1. The van der Waals surface area contributed by atoms with E-state index >= 15 is 0 Å².